The summed E-state index contributed by atoms with van der Waals surface area (Å²) in [7, 11) is 1.19. The normalized spacial score (nSPS) is 11.4. The Morgan fingerprint density at radius 2 is 1.91 bits per heavy atom. The number of methoxy groups -OCH3 is 1. The largest absolute Gasteiger partial charge is 0.492 e. The van der Waals surface area contributed by atoms with Gasteiger partial charge in [-0.1, -0.05) is 13.8 Å². The van der Waals surface area contributed by atoms with E-state index in [4.69, 9.17) is 10.5 Å². The molecule has 0 aliphatic heterocycles. The van der Waals surface area contributed by atoms with Gasteiger partial charge in [0.25, 0.3) is 0 Å². The first kappa shape index (κ1) is 21.1. The average molecular weight is 352 g/mol. The molecule has 0 aromatic heterocycles. The maximum absolute atomic E-state index is 13.5. The lowest BCUT2D eigenvalue weighted by Gasteiger charge is -2.15. The van der Waals surface area contributed by atoms with Crippen molar-refractivity contribution in [3.8, 4) is 5.75 Å². The number of amides is 2. The van der Waals surface area contributed by atoms with Gasteiger partial charge in [-0.2, -0.15) is 0 Å². The Kier molecular flexibility index (Phi) is 8.49. The molecule has 130 valence electrons. The fraction of sp³-hybridized carbons (Fsp3) is 0.429. The van der Waals surface area contributed by atoms with E-state index in [-0.39, 0.29) is 36.3 Å². The van der Waals surface area contributed by atoms with Crippen LogP contribution in [0.4, 0.5) is 14.5 Å². The van der Waals surface area contributed by atoms with Crippen LogP contribution in [0, 0.1) is 17.6 Å². The smallest absolute Gasteiger partial charge is 0.243 e. The van der Waals surface area contributed by atoms with Gasteiger partial charge in [-0.15, -0.1) is 12.4 Å². The molecule has 0 aliphatic rings. The predicted molar refractivity (Wildman–Crippen MR) is 84.6 cm³/mol. The number of rotatable bonds is 6. The van der Waals surface area contributed by atoms with E-state index in [1.54, 1.807) is 13.8 Å². The molecule has 0 heterocycles. The Bertz CT molecular complexity index is 570. The maximum Gasteiger partial charge on any atom is 0.243 e. The Balaban J connectivity index is 0.00000484. The fourth-order valence-electron chi connectivity index (χ4n) is 1.64. The molecular weight excluding hydrogens is 332 g/mol. The first-order chi connectivity index (χ1) is 10.3. The third-order valence-corrected chi connectivity index (χ3v) is 2.93. The van der Waals surface area contributed by atoms with Crippen molar-refractivity contribution in [1.82, 2.24) is 5.32 Å². The molecular formula is C14H20ClF2N3O3. The van der Waals surface area contributed by atoms with Gasteiger partial charge in [0.1, 0.15) is 5.82 Å². The summed E-state index contributed by atoms with van der Waals surface area (Å²) in [5, 5.41) is 4.61. The summed E-state index contributed by atoms with van der Waals surface area (Å²) in [5.74, 6) is -3.32. The minimum Gasteiger partial charge on any atom is -0.492 e. The molecule has 23 heavy (non-hydrogen) atoms. The van der Waals surface area contributed by atoms with Crippen molar-refractivity contribution in [1.29, 1.82) is 0 Å². The van der Waals surface area contributed by atoms with Gasteiger partial charge in [0.2, 0.25) is 11.8 Å². The molecule has 0 fully saturated rings. The number of nitrogens with two attached hydrogens (primary N) is 1. The number of hydrogen-bond acceptors (Lipinski definition) is 4. The summed E-state index contributed by atoms with van der Waals surface area (Å²) >= 11 is 0. The second kappa shape index (κ2) is 9.26. The van der Waals surface area contributed by atoms with Crippen LogP contribution in [0.3, 0.4) is 0 Å². The first-order valence-electron chi connectivity index (χ1n) is 6.62. The monoisotopic (exact) mass is 351 g/mol. The van der Waals surface area contributed by atoms with Gasteiger partial charge in [0.15, 0.2) is 11.6 Å². The predicted octanol–water partition coefficient (Wildman–Crippen LogP) is 1.43. The molecule has 1 rings (SSSR count). The SMILES string of the molecule is COc1c(F)cc(F)cc1NC(=O)CNC(=O)[C@@H](N)C(C)C.Cl. The van der Waals surface area contributed by atoms with Crippen LogP contribution in [0.2, 0.25) is 0 Å². The van der Waals surface area contributed by atoms with Crippen LogP contribution in [-0.2, 0) is 9.59 Å². The van der Waals surface area contributed by atoms with Crippen LogP contribution in [0.5, 0.6) is 5.75 Å². The number of nitrogens with one attached hydrogen (secondary N) is 2. The molecule has 1 atom stereocenters. The van der Waals surface area contributed by atoms with Gasteiger partial charge in [-0.05, 0) is 5.92 Å². The molecule has 0 spiro atoms. The van der Waals surface area contributed by atoms with E-state index in [1.165, 1.54) is 7.11 Å². The summed E-state index contributed by atoms with van der Waals surface area (Å²) < 4.78 is 31.4. The highest BCUT2D eigenvalue weighted by Gasteiger charge is 2.19. The van der Waals surface area contributed by atoms with E-state index < -0.39 is 29.5 Å². The Morgan fingerprint density at radius 3 is 2.43 bits per heavy atom. The van der Waals surface area contributed by atoms with E-state index in [9.17, 15) is 18.4 Å². The van der Waals surface area contributed by atoms with Crippen LogP contribution in [0.15, 0.2) is 12.1 Å². The fourth-order valence-corrected chi connectivity index (χ4v) is 1.64. The van der Waals surface area contributed by atoms with Gasteiger partial charge >= 0.3 is 0 Å². The first-order valence-corrected chi connectivity index (χ1v) is 6.62. The van der Waals surface area contributed by atoms with Crippen molar-refractivity contribution in [2.75, 3.05) is 19.0 Å². The average Bonchev–Trinajstić information content (AvgIpc) is 2.43. The zero-order valence-electron chi connectivity index (χ0n) is 13.0. The lowest BCUT2D eigenvalue weighted by atomic mass is 10.1. The summed E-state index contributed by atoms with van der Waals surface area (Å²) in [6, 6.07) is 0.813. The van der Waals surface area contributed by atoms with Crippen LogP contribution in [-0.4, -0.2) is 31.5 Å². The number of anilines is 1. The standard InChI is InChI=1S/C14H19F2N3O3.ClH/c1-7(2)12(17)14(21)18-6-11(20)19-10-5-8(15)4-9(16)13(10)22-3;/h4-5,7,12H,6,17H2,1-3H3,(H,18,21)(H,19,20);1H/t12-;/m0./s1. The van der Waals surface area contributed by atoms with Crippen LogP contribution >= 0.6 is 12.4 Å². The molecule has 0 unspecified atom stereocenters. The zero-order valence-corrected chi connectivity index (χ0v) is 13.8. The van der Waals surface area contributed by atoms with Crippen molar-refractivity contribution >= 4 is 29.9 Å². The van der Waals surface area contributed by atoms with E-state index >= 15 is 0 Å². The number of hydrogen-bond donors (Lipinski definition) is 3. The number of benzene rings is 1. The van der Waals surface area contributed by atoms with Gasteiger partial charge in [0, 0.05) is 12.1 Å². The number of halogens is 3. The molecule has 9 heteroatoms. The second-order valence-electron chi connectivity index (χ2n) is 5.00. The molecule has 1 aromatic rings. The molecule has 2 amide bonds. The van der Waals surface area contributed by atoms with Crippen molar-refractivity contribution < 1.29 is 23.1 Å². The van der Waals surface area contributed by atoms with Crippen molar-refractivity contribution in [2.45, 2.75) is 19.9 Å². The Morgan fingerprint density at radius 1 is 1.30 bits per heavy atom. The summed E-state index contributed by atoms with van der Waals surface area (Å²) in [5.41, 5.74) is 5.46. The number of ether oxygens (including phenoxy) is 1. The molecule has 4 N–H and O–H groups in total. The maximum atomic E-state index is 13.5. The molecule has 1 aromatic carbocycles. The van der Waals surface area contributed by atoms with Gasteiger partial charge < -0.3 is 21.1 Å². The zero-order chi connectivity index (χ0) is 16.9. The highest BCUT2D eigenvalue weighted by atomic mass is 35.5. The molecule has 0 saturated heterocycles. The minimum atomic E-state index is -0.941. The third kappa shape index (κ3) is 5.99. The highest BCUT2D eigenvalue weighted by Crippen LogP contribution is 2.28. The minimum absolute atomic E-state index is 0. The summed E-state index contributed by atoms with van der Waals surface area (Å²) in [6.45, 7) is 3.16. The molecule has 6 nitrogen and oxygen atoms in total. The summed E-state index contributed by atoms with van der Waals surface area (Å²) in [6.07, 6.45) is 0. The second-order valence-corrected chi connectivity index (χ2v) is 5.00. The lowest BCUT2D eigenvalue weighted by molar-refractivity contribution is -0.125. The van der Waals surface area contributed by atoms with Gasteiger partial charge in [-0.3, -0.25) is 9.59 Å². The van der Waals surface area contributed by atoms with Crippen molar-refractivity contribution in [2.24, 2.45) is 11.7 Å². The van der Waals surface area contributed by atoms with Crippen LogP contribution in [0.25, 0.3) is 0 Å². The number of carbonyl (C=O) groups excluding carboxylic acids is 2. The van der Waals surface area contributed by atoms with Crippen LogP contribution < -0.4 is 21.1 Å². The van der Waals surface area contributed by atoms with Crippen molar-refractivity contribution in [3.05, 3.63) is 23.8 Å². The Hall–Kier alpha value is -1.93. The summed E-state index contributed by atoms with van der Waals surface area (Å²) in [4.78, 5) is 23.3. The van der Waals surface area contributed by atoms with Crippen LogP contribution in [0.1, 0.15) is 13.8 Å². The van der Waals surface area contributed by atoms with Gasteiger partial charge in [0.05, 0.1) is 25.4 Å². The number of carbonyl (C=O) groups is 2. The van der Waals surface area contributed by atoms with E-state index in [0.29, 0.717) is 6.07 Å². The van der Waals surface area contributed by atoms with Gasteiger partial charge in [-0.25, -0.2) is 8.78 Å². The van der Waals surface area contributed by atoms with E-state index in [0.717, 1.165) is 6.07 Å². The molecule has 0 bridgehead atoms. The van der Waals surface area contributed by atoms with Crippen molar-refractivity contribution in [3.63, 3.8) is 0 Å². The molecule has 0 saturated carbocycles. The quantitative estimate of drug-likeness (QED) is 0.722. The van der Waals surface area contributed by atoms with E-state index in [2.05, 4.69) is 10.6 Å². The van der Waals surface area contributed by atoms with E-state index in [1.807, 2.05) is 0 Å². The lowest BCUT2D eigenvalue weighted by Crippen LogP contribution is -2.46. The third-order valence-electron chi connectivity index (χ3n) is 2.93. The molecule has 0 radical (unpaired) electrons. The Labute approximate surface area is 139 Å². The molecule has 0 aliphatic carbocycles. The highest BCUT2D eigenvalue weighted by molar-refractivity contribution is 5.96. The topological polar surface area (TPSA) is 93.5 Å².